The number of carboxylic acids is 4. The molecule has 478 valence electrons. The van der Waals surface area contributed by atoms with E-state index in [4.69, 9.17) is 44.7 Å². The van der Waals surface area contributed by atoms with Crippen molar-refractivity contribution < 1.29 is 120 Å². The molecule has 0 aliphatic heterocycles. The fourth-order valence-electron chi connectivity index (χ4n) is 4.09. The maximum atomic E-state index is 11.3. The van der Waals surface area contributed by atoms with Crippen molar-refractivity contribution in [2.24, 2.45) is 11.5 Å². The van der Waals surface area contributed by atoms with Crippen LogP contribution in [0.2, 0.25) is 0 Å². The van der Waals surface area contributed by atoms with Crippen molar-refractivity contribution in [3.05, 3.63) is 119 Å². The molecule has 13 N–H and O–H groups in total. The second kappa shape index (κ2) is 46.5. The molecule has 84 heavy (non-hydrogen) atoms. The minimum atomic E-state index is -4.27. The highest BCUT2D eigenvalue weighted by atomic mass is 32.3. The Hall–Kier alpha value is -6.84. The predicted octanol–water partition coefficient (Wildman–Crippen LogP) is 5.26. The van der Waals surface area contributed by atoms with Gasteiger partial charge in [0.1, 0.15) is 45.0 Å². The van der Waals surface area contributed by atoms with Gasteiger partial charge in [-0.15, -0.1) is 0 Å². The summed E-state index contributed by atoms with van der Waals surface area (Å²) in [6.45, 7) is 10.5. The molecule has 0 unspecified atom stereocenters. The first-order valence-electron chi connectivity index (χ1n) is 23.1. The fourth-order valence-corrected chi connectivity index (χ4v) is 6.43. The zero-order chi connectivity index (χ0) is 66.5. The number of carboxylic acid groups (broad SMARTS) is 4. The van der Waals surface area contributed by atoms with Gasteiger partial charge < -0.3 is 70.6 Å². The van der Waals surface area contributed by atoms with Crippen LogP contribution in [-0.4, -0.2) is 173 Å². The molecule has 4 aromatic carbocycles. The molecule has 4 rings (SSSR count). The van der Waals surface area contributed by atoms with Crippen LogP contribution in [0.3, 0.4) is 0 Å². The van der Waals surface area contributed by atoms with Gasteiger partial charge in [-0.05, 0) is 104 Å². The highest BCUT2D eigenvalue weighted by molar-refractivity contribution is 7.83. The number of nitrogens with one attached hydrogen (secondary N) is 2. The van der Waals surface area contributed by atoms with E-state index in [2.05, 4.69) is 80.9 Å². The lowest BCUT2D eigenvalue weighted by molar-refractivity contribution is 0.0530. The van der Waals surface area contributed by atoms with E-state index in [0.29, 0.717) is 0 Å². The molecule has 30 nitrogen and oxygen atoms in total. The first-order valence-corrected chi connectivity index (χ1v) is 29.0. The highest BCUT2D eigenvalue weighted by Gasteiger charge is 2.21. The Kier molecular flexibility index (Phi) is 47.6. The number of alkyl carbamates (subject to hydrolysis) is 2. The Balaban J connectivity index is -0.000000292. The molecule has 36 heteroatoms. The summed E-state index contributed by atoms with van der Waals surface area (Å²) >= 11 is 11.2. The zero-order valence-electron chi connectivity index (χ0n) is 47.1. The quantitative estimate of drug-likeness (QED) is 0.0473. The van der Waals surface area contributed by atoms with Crippen molar-refractivity contribution in [2.45, 2.75) is 52.7 Å². The van der Waals surface area contributed by atoms with E-state index in [0.717, 1.165) is 0 Å². The lowest BCUT2D eigenvalue weighted by atomic mass is 10.2. The molecule has 0 saturated carbocycles. The SMILES string of the molecule is CN.CN.CNC(=O)OC(C)(C)C.CNC(=O)OC(C)(C)C.O=C(O)c1ccccc1O.O=C(O)c1ccccc1O.O=C(O)c1ccccc1OS(=O)(=O)OCCS.O=C(O)c1ccccc1OS(=O)(=O)OCCS.O=S(=O)(O)OCCS. The van der Waals surface area contributed by atoms with Gasteiger partial charge in [-0.25, -0.2) is 41.3 Å². The third-order valence-electron chi connectivity index (χ3n) is 7.06. The minimum absolute atomic E-state index is 0.0671. The summed E-state index contributed by atoms with van der Waals surface area (Å²) in [4.78, 5) is 63.1. The molecule has 4 aromatic rings. The summed E-state index contributed by atoms with van der Waals surface area (Å²) in [7, 11) is -6.69. The second-order valence-corrected chi connectivity index (χ2v) is 20.7. The van der Waals surface area contributed by atoms with E-state index < -0.39 is 55.1 Å². The van der Waals surface area contributed by atoms with E-state index in [1.54, 1.807) is 24.3 Å². The fraction of sp³-hybridized carbons (Fsp3) is 0.375. The van der Waals surface area contributed by atoms with Gasteiger partial charge in [-0.1, -0.05) is 48.5 Å². The lowest BCUT2D eigenvalue weighted by Gasteiger charge is -2.18. The van der Waals surface area contributed by atoms with Crippen molar-refractivity contribution in [3.8, 4) is 23.0 Å². The molecule has 0 aliphatic carbocycles. The number of para-hydroxylation sites is 4. The van der Waals surface area contributed by atoms with Crippen LogP contribution in [0.1, 0.15) is 83.0 Å². The number of nitrogens with two attached hydrogens (primary N) is 2. The number of thiol groups is 3. The monoisotopic (exact) mass is 1310 g/mol. The van der Waals surface area contributed by atoms with Gasteiger partial charge in [0.25, 0.3) is 0 Å². The summed E-state index contributed by atoms with van der Waals surface area (Å²) in [6, 6.07) is 22.4. The molecule has 0 bridgehead atoms. The number of amides is 2. The van der Waals surface area contributed by atoms with Crippen LogP contribution in [0.15, 0.2) is 97.1 Å². The van der Waals surface area contributed by atoms with Crippen molar-refractivity contribution in [1.29, 1.82) is 0 Å². The molecular weight excluding hydrogens is 1240 g/mol. The summed E-state index contributed by atoms with van der Waals surface area (Å²) in [5.41, 5.74) is 7.57. The Morgan fingerprint density at radius 2 is 0.690 bits per heavy atom. The Morgan fingerprint density at radius 3 is 0.869 bits per heavy atom. The van der Waals surface area contributed by atoms with E-state index in [9.17, 15) is 54.0 Å². The average molecular weight is 1320 g/mol. The number of carbonyl (C=O) groups is 6. The molecule has 0 aromatic heterocycles. The van der Waals surface area contributed by atoms with Gasteiger partial charge in [-0.3, -0.25) is 4.55 Å². The number of aromatic hydroxyl groups is 2. The Bertz CT molecular complexity index is 2730. The van der Waals surface area contributed by atoms with Crippen LogP contribution >= 0.6 is 37.9 Å². The number of benzene rings is 4. The first kappa shape index (κ1) is 86.0. The number of phenols is 2. The zero-order valence-corrected chi connectivity index (χ0v) is 52.2. The Morgan fingerprint density at radius 1 is 0.452 bits per heavy atom. The largest absolute Gasteiger partial charge is 0.507 e. The average Bonchev–Trinajstić information content (AvgIpc) is 3.63. The van der Waals surface area contributed by atoms with Crippen LogP contribution in [0.4, 0.5) is 9.59 Å². The Labute approximate surface area is 504 Å². The topological polar surface area (TPSA) is 487 Å². The van der Waals surface area contributed by atoms with Crippen LogP contribution in [0, 0.1) is 0 Å². The standard InChI is InChI=1S/2C9H10O6S2.2C7H6O3.2C6H13NO2.C2H6O4S2.2CH5N/c2*10-9(11)7-3-1-2-4-8(7)15-17(12,13)14-5-6-16;2*8-6-4-2-1-3-5(6)7(9)10;2*1-6(2,3)9-5(8)7-4;3-8(4,5)6-1-2-7;2*1-2/h2*1-4,16H,5-6H2,(H,10,11);2*1-4,8H,(H,9,10);2*1-4H3,(H,7,8);7H,1-2H2,(H,3,4,5);2*2H2,1H3. The molecule has 0 saturated heterocycles. The van der Waals surface area contributed by atoms with Crippen molar-refractivity contribution >= 4 is 105 Å². The number of hydrogen-bond donors (Lipinski definition) is 14. The number of aromatic carboxylic acids is 4. The van der Waals surface area contributed by atoms with Crippen molar-refractivity contribution in [3.63, 3.8) is 0 Å². The van der Waals surface area contributed by atoms with E-state index in [1.165, 1.54) is 101 Å². The van der Waals surface area contributed by atoms with Crippen molar-refractivity contribution in [2.75, 3.05) is 65.3 Å². The van der Waals surface area contributed by atoms with Crippen LogP contribution in [0.25, 0.3) is 0 Å². The molecule has 0 radical (unpaired) electrons. The van der Waals surface area contributed by atoms with Gasteiger partial charge in [0.15, 0.2) is 11.5 Å². The molecule has 2 amide bonds. The van der Waals surface area contributed by atoms with E-state index >= 15 is 0 Å². The molecular formula is C48H74N4O26S6. The van der Waals surface area contributed by atoms with Gasteiger partial charge in [0.2, 0.25) is 0 Å². The second-order valence-electron chi connectivity index (χ2n) is 15.8. The summed E-state index contributed by atoms with van der Waals surface area (Å²) in [5.74, 6) is -5.12. The molecule has 0 fully saturated rings. The number of ether oxygens (including phenoxy) is 2. The maximum Gasteiger partial charge on any atom is 0.449 e. The van der Waals surface area contributed by atoms with Gasteiger partial charge in [0, 0.05) is 31.4 Å². The third kappa shape index (κ3) is 48.7. The number of hydrogen-bond acceptors (Lipinski definition) is 26. The third-order valence-corrected chi connectivity index (χ3v) is 9.75. The van der Waals surface area contributed by atoms with E-state index in [-0.39, 0.29) is 106 Å². The molecule has 0 aliphatic rings. The molecule has 0 spiro atoms. The summed E-state index contributed by atoms with van der Waals surface area (Å²) < 4.78 is 104. The van der Waals surface area contributed by atoms with Crippen molar-refractivity contribution in [1.82, 2.24) is 10.6 Å². The van der Waals surface area contributed by atoms with Crippen LogP contribution < -0.4 is 30.5 Å². The smallest absolute Gasteiger partial charge is 0.449 e. The highest BCUT2D eigenvalue weighted by Crippen LogP contribution is 2.22. The predicted molar refractivity (Wildman–Crippen MR) is 318 cm³/mol. The summed E-state index contributed by atoms with van der Waals surface area (Å²) in [6.07, 6.45) is -0.773. The van der Waals surface area contributed by atoms with Gasteiger partial charge in [0.05, 0.1) is 19.8 Å². The number of rotatable bonds is 17. The first-order chi connectivity index (χ1) is 38.8. The number of carbonyl (C=O) groups excluding carboxylic acids is 2. The normalized spacial score (nSPS) is 10.2. The van der Waals surface area contributed by atoms with Gasteiger partial charge >= 0.3 is 67.3 Å². The van der Waals surface area contributed by atoms with E-state index in [1.807, 2.05) is 41.5 Å². The van der Waals surface area contributed by atoms with Crippen LogP contribution in [0.5, 0.6) is 23.0 Å². The lowest BCUT2D eigenvalue weighted by Crippen LogP contribution is -2.30. The molecule has 0 atom stereocenters. The molecule has 0 heterocycles. The summed E-state index contributed by atoms with van der Waals surface area (Å²) in [5, 5.41) is 57.0. The minimum Gasteiger partial charge on any atom is -0.507 e. The maximum absolute atomic E-state index is 11.3. The van der Waals surface area contributed by atoms with Gasteiger partial charge in [-0.2, -0.15) is 63.1 Å². The van der Waals surface area contributed by atoms with Crippen LogP contribution in [-0.2, 0) is 53.2 Å².